The lowest BCUT2D eigenvalue weighted by molar-refractivity contribution is 0.124. The topological polar surface area (TPSA) is 90.2 Å². The molecule has 1 atom stereocenters. The number of ether oxygens (including phenoxy) is 1. The number of rotatable bonds is 6. The molecule has 1 aliphatic heterocycles. The molecule has 0 unspecified atom stereocenters. The third kappa shape index (κ3) is 9.00. The molecule has 7 heteroatoms. The zero-order chi connectivity index (χ0) is 20.4. The van der Waals surface area contributed by atoms with Gasteiger partial charge in [0, 0.05) is 12.5 Å². The van der Waals surface area contributed by atoms with Crippen LogP contribution in [0.25, 0.3) is 0 Å². The molecule has 0 bridgehead atoms. The first-order valence-corrected chi connectivity index (χ1v) is 11.2. The van der Waals surface area contributed by atoms with Crippen molar-refractivity contribution in [3.8, 4) is 5.75 Å². The van der Waals surface area contributed by atoms with Crippen molar-refractivity contribution in [2.24, 2.45) is 0 Å². The highest BCUT2D eigenvalue weighted by Crippen LogP contribution is 2.26. The molecule has 28 heavy (non-hydrogen) atoms. The quantitative estimate of drug-likeness (QED) is 0.634. The van der Waals surface area contributed by atoms with Gasteiger partial charge in [-0.3, -0.25) is 4.90 Å². The van der Waals surface area contributed by atoms with E-state index in [4.69, 9.17) is 24.0 Å². The summed E-state index contributed by atoms with van der Waals surface area (Å²) in [5, 5.41) is 0. The summed E-state index contributed by atoms with van der Waals surface area (Å²) in [6.07, 6.45) is 4.96. The number of nitrogens with zero attached hydrogens (tertiary/aromatic N) is 1. The molecular formula is C21H30NO5P. The van der Waals surface area contributed by atoms with Crippen molar-refractivity contribution in [1.29, 1.82) is 0 Å². The van der Waals surface area contributed by atoms with E-state index in [0.29, 0.717) is 6.04 Å². The Morgan fingerprint density at radius 2 is 1.54 bits per heavy atom. The molecule has 0 amide bonds. The van der Waals surface area contributed by atoms with Crippen LogP contribution >= 0.6 is 7.82 Å². The van der Waals surface area contributed by atoms with Gasteiger partial charge in [-0.25, -0.2) is 4.57 Å². The Balaban J connectivity index is 0.000000500. The molecule has 154 valence electrons. The highest BCUT2D eigenvalue weighted by Gasteiger charge is 2.17. The first-order chi connectivity index (χ1) is 13.3. The Morgan fingerprint density at radius 1 is 0.964 bits per heavy atom. The molecule has 2 aromatic carbocycles. The minimum atomic E-state index is -4.64. The standard InChI is InChI=1S/C21H27NO.H3O4P/c1-18(22-14-8-3-9-15-22)17-23-21-13-7-6-12-20(21)16-19-10-4-2-5-11-19;1-5(2,3)4/h2,4-7,10-13,18H,3,8-9,14-17H2,1H3;(H3,1,2,3,4)/t18-;/m1./s1. The van der Waals surface area contributed by atoms with Gasteiger partial charge in [-0.2, -0.15) is 0 Å². The van der Waals surface area contributed by atoms with Crippen molar-refractivity contribution in [2.45, 2.75) is 38.6 Å². The van der Waals surface area contributed by atoms with Crippen molar-refractivity contribution in [2.75, 3.05) is 19.7 Å². The second kappa shape index (κ2) is 11.3. The lowest BCUT2D eigenvalue weighted by atomic mass is 10.0. The monoisotopic (exact) mass is 407 g/mol. The van der Waals surface area contributed by atoms with Gasteiger partial charge in [-0.15, -0.1) is 0 Å². The Kier molecular flexibility index (Phi) is 9.16. The summed E-state index contributed by atoms with van der Waals surface area (Å²) in [7, 11) is -4.64. The van der Waals surface area contributed by atoms with Crippen molar-refractivity contribution >= 4 is 7.82 Å². The highest BCUT2D eigenvalue weighted by atomic mass is 31.2. The SMILES string of the molecule is C[C@H](COc1ccccc1Cc1ccccc1)N1CCCCC1.O=P(O)(O)O. The van der Waals surface area contributed by atoms with E-state index in [2.05, 4.69) is 66.4 Å². The first kappa shape index (κ1) is 22.6. The van der Waals surface area contributed by atoms with Gasteiger partial charge in [0.1, 0.15) is 12.4 Å². The predicted molar refractivity (Wildman–Crippen MR) is 110 cm³/mol. The van der Waals surface area contributed by atoms with Crippen LogP contribution in [0.2, 0.25) is 0 Å². The number of hydrogen-bond donors (Lipinski definition) is 3. The van der Waals surface area contributed by atoms with Gasteiger partial charge in [-0.05, 0) is 50.0 Å². The second-order valence-corrected chi connectivity index (χ2v) is 8.07. The van der Waals surface area contributed by atoms with Crippen molar-refractivity contribution in [3.63, 3.8) is 0 Å². The number of piperidine rings is 1. The smallest absolute Gasteiger partial charge is 0.466 e. The van der Waals surface area contributed by atoms with Crippen LogP contribution in [0.1, 0.15) is 37.3 Å². The molecule has 6 nitrogen and oxygen atoms in total. The van der Waals surface area contributed by atoms with Crippen LogP contribution in [-0.2, 0) is 11.0 Å². The average molecular weight is 407 g/mol. The van der Waals surface area contributed by atoms with Gasteiger partial charge >= 0.3 is 7.82 Å². The molecule has 1 heterocycles. The van der Waals surface area contributed by atoms with Crippen LogP contribution in [-0.4, -0.2) is 45.3 Å². The Bertz CT molecular complexity index is 735. The zero-order valence-corrected chi connectivity index (χ0v) is 17.2. The molecule has 0 radical (unpaired) electrons. The van der Waals surface area contributed by atoms with E-state index in [-0.39, 0.29) is 0 Å². The number of likely N-dealkylation sites (tertiary alicyclic amines) is 1. The van der Waals surface area contributed by atoms with Crippen LogP contribution in [0.3, 0.4) is 0 Å². The number of benzene rings is 2. The first-order valence-electron chi connectivity index (χ1n) is 9.60. The van der Waals surface area contributed by atoms with Crippen LogP contribution in [0.5, 0.6) is 5.75 Å². The average Bonchev–Trinajstić information content (AvgIpc) is 2.67. The van der Waals surface area contributed by atoms with Gasteiger partial charge in [0.05, 0.1) is 0 Å². The van der Waals surface area contributed by atoms with E-state index < -0.39 is 7.82 Å². The summed E-state index contributed by atoms with van der Waals surface area (Å²) >= 11 is 0. The van der Waals surface area contributed by atoms with Crippen LogP contribution in [0.4, 0.5) is 0 Å². The summed E-state index contributed by atoms with van der Waals surface area (Å²) in [4.78, 5) is 24.1. The molecule has 3 N–H and O–H groups in total. The van der Waals surface area contributed by atoms with Crippen molar-refractivity contribution < 1.29 is 24.0 Å². The van der Waals surface area contributed by atoms with Crippen LogP contribution in [0.15, 0.2) is 54.6 Å². The number of hydrogen-bond acceptors (Lipinski definition) is 3. The summed E-state index contributed by atoms with van der Waals surface area (Å²) in [5.41, 5.74) is 2.59. The zero-order valence-electron chi connectivity index (χ0n) is 16.3. The third-order valence-electron chi connectivity index (χ3n) is 4.70. The van der Waals surface area contributed by atoms with E-state index in [1.54, 1.807) is 0 Å². The van der Waals surface area contributed by atoms with E-state index in [9.17, 15) is 0 Å². The summed E-state index contributed by atoms with van der Waals surface area (Å²) in [6, 6.07) is 19.5. The molecule has 1 saturated heterocycles. The van der Waals surface area contributed by atoms with Crippen LogP contribution < -0.4 is 4.74 Å². The Labute approximate surface area is 167 Å². The molecule has 0 aliphatic carbocycles. The lowest BCUT2D eigenvalue weighted by Gasteiger charge is -2.32. The minimum Gasteiger partial charge on any atom is -0.492 e. The molecule has 0 spiro atoms. The Hall–Kier alpha value is -1.69. The summed E-state index contributed by atoms with van der Waals surface area (Å²) in [6.45, 7) is 5.49. The van der Waals surface area contributed by atoms with E-state index in [1.807, 2.05) is 0 Å². The van der Waals surface area contributed by atoms with Gasteiger partial charge in [0.2, 0.25) is 0 Å². The highest BCUT2D eigenvalue weighted by molar-refractivity contribution is 7.45. The summed E-state index contributed by atoms with van der Waals surface area (Å²) < 4.78 is 15.1. The number of phosphoric acid groups is 1. The Morgan fingerprint density at radius 3 is 2.18 bits per heavy atom. The van der Waals surface area contributed by atoms with E-state index in [1.165, 1.54) is 43.5 Å². The fraction of sp³-hybridized carbons (Fsp3) is 0.429. The largest absolute Gasteiger partial charge is 0.492 e. The van der Waals surface area contributed by atoms with Gasteiger partial charge in [-0.1, -0.05) is 55.0 Å². The second-order valence-electron chi connectivity index (χ2n) is 7.04. The molecule has 3 rings (SSSR count). The van der Waals surface area contributed by atoms with Crippen molar-refractivity contribution in [1.82, 2.24) is 4.90 Å². The maximum atomic E-state index is 8.88. The lowest BCUT2D eigenvalue weighted by Crippen LogP contribution is -2.40. The fourth-order valence-electron chi connectivity index (χ4n) is 3.28. The molecular weight excluding hydrogens is 377 g/mol. The summed E-state index contributed by atoms with van der Waals surface area (Å²) in [5.74, 6) is 1.03. The van der Waals surface area contributed by atoms with Crippen LogP contribution in [0, 0.1) is 0 Å². The molecule has 0 saturated carbocycles. The predicted octanol–water partition coefficient (Wildman–Crippen LogP) is 3.60. The van der Waals surface area contributed by atoms with E-state index in [0.717, 1.165) is 18.8 Å². The number of para-hydroxylation sites is 1. The van der Waals surface area contributed by atoms with Gasteiger partial charge < -0.3 is 19.4 Å². The molecule has 1 fully saturated rings. The maximum Gasteiger partial charge on any atom is 0.466 e. The van der Waals surface area contributed by atoms with E-state index >= 15 is 0 Å². The maximum absolute atomic E-state index is 8.88. The third-order valence-corrected chi connectivity index (χ3v) is 4.70. The fourth-order valence-corrected chi connectivity index (χ4v) is 3.28. The molecule has 0 aromatic heterocycles. The van der Waals surface area contributed by atoms with Gasteiger partial charge in [0.15, 0.2) is 0 Å². The van der Waals surface area contributed by atoms with Crippen molar-refractivity contribution in [3.05, 3.63) is 65.7 Å². The normalized spacial score (nSPS) is 16.0. The minimum absolute atomic E-state index is 0.486. The van der Waals surface area contributed by atoms with Gasteiger partial charge in [0.25, 0.3) is 0 Å². The molecule has 2 aromatic rings. The molecule has 1 aliphatic rings.